The molecule has 0 bridgehead atoms. The molecule has 0 saturated heterocycles. The molecule has 0 fully saturated rings. The van der Waals surface area contributed by atoms with Gasteiger partial charge in [0.2, 0.25) is 15.9 Å². The van der Waals surface area contributed by atoms with E-state index in [0.29, 0.717) is 0 Å². The maximum atomic E-state index is 12.1. The number of carbonyl (C=O) groups excluding carboxylic acids is 1. The number of sulfonamides is 1. The van der Waals surface area contributed by atoms with Crippen molar-refractivity contribution in [2.24, 2.45) is 5.84 Å². The second-order valence-electron chi connectivity index (χ2n) is 5.12. The summed E-state index contributed by atoms with van der Waals surface area (Å²) in [5.74, 6) is 4.79. The molecule has 0 aliphatic rings. The van der Waals surface area contributed by atoms with Crippen LogP contribution in [0.25, 0.3) is 0 Å². The summed E-state index contributed by atoms with van der Waals surface area (Å²) >= 11 is 0. The number of hydrogen-bond donors (Lipinski definition) is 4. The van der Waals surface area contributed by atoms with Crippen LogP contribution in [0.1, 0.15) is 20.8 Å². The van der Waals surface area contributed by atoms with Crippen LogP contribution in [0.2, 0.25) is 0 Å². The Hall–Kier alpha value is -1.71. The van der Waals surface area contributed by atoms with E-state index in [2.05, 4.69) is 20.4 Å². The van der Waals surface area contributed by atoms with Crippen molar-refractivity contribution in [3.8, 4) is 0 Å². The largest absolute Gasteiger partial charge is 0.350 e. The summed E-state index contributed by atoms with van der Waals surface area (Å²) in [4.78, 5) is 15.3. The van der Waals surface area contributed by atoms with Crippen molar-refractivity contribution in [2.75, 3.05) is 12.0 Å². The van der Waals surface area contributed by atoms with Crippen LogP contribution < -0.4 is 21.3 Å². The van der Waals surface area contributed by atoms with Crippen molar-refractivity contribution in [1.82, 2.24) is 15.0 Å². The van der Waals surface area contributed by atoms with Crippen LogP contribution in [-0.2, 0) is 14.8 Å². The Kier molecular flexibility index (Phi) is 5.03. The van der Waals surface area contributed by atoms with Crippen molar-refractivity contribution >= 4 is 21.7 Å². The molecule has 5 N–H and O–H groups in total. The molecular weight excluding hydrogens is 282 g/mol. The molecule has 0 spiro atoms. The molecular formula is C11H19N5O3S. The van der Waals surface area contributed by atoms with E-state index >= 15 is 0 Å². The third kappa shape index (κ3) is 4.76. The number of rotatable bonds is 5. The number of nitrogens with zero attached hydrogens (tertiary/aromatic N) is 1. The molecule has 1 aromatic heterocycles. The van der Waals surface area contributed by atoms with E-state index in [1.807, 2.05) is 0 Å². The highest BCUT2D eigenvalue weighted by atomic mass is 32.2. The number of hydrogen-bond acceptors (Lipinski definition) is 6. The van der Waals surface area contributed by atoms with Gasteiger partial charge in [-0.2, -0.15) is 0 Å². The lowest BCUT2D eigenvalue weighted by Gasteiger charge is -2.20. The van der Waals surface area contributed by atoms with Crippen molar-refractivity contribution in [3.63, 3.8) is 0 Å². The minimum Gasteiger partial charge on any atom is -0.350 e. The van der Waals surface area contributed by atoms with E-state index in [0.717, 1.165) is 0 Å². The molecule has 1 heterocycles. The lowest BCUT2D eigenvalue weighted by Crippen LogP contribution is -2.45. The number of hydrazine groups is 1. The SMILES string of the molecule is CC(C)(C)NC(=O)CNS(=O)(=O)c1cccnc1NN. The molecule has 1 aromatic rings. The minimum atomic E-state index is -3.87. The summed E-state index contributed by atoms with van der Waals surface area (Å²) in [7, 11) is -3.87. The van der Waals surface area contributed by atoms with Gasteiger partial charge < -0.3 is 10.7 Å². The second kappa shape index (κ2) is 6.16. The third-order valence-electron chi connectivity index (χ3n) is 2.13. The van der Waals surface area contributed by atoms with Crippen molar-refractivity contribution in [2.45, 2.75) is 31.2 Å². The number of carbonyl (C=O) groups is 1. The topological polar surface area (TPSA) is 126 Å². The summed E-state index contributed by atoms with van der Waals surface area (Å²) in [5.41, 5.74) is 1.77. The summed E-state index contributed by atoms with van der Waals surface area (Å²) in [6.07, 6.45) is 1.40. The van der Waals surface area contributed by atoms with E-state index in [9.17, 15) is 13.2 Å². The molecule has 0 saturated carbocycles. The fraction of sp³-hybridized carbons (Fsp3) is 0.455. The van der Waals surface area contributed by atoms with E-state index in [-0.39, 0.29) is 17.3 Å². The smallest absolute Gasteiger partial charge is 0.244 e. The molecule has 0 atom stereocenters. The zero-order chi connectivity index (χ0) is 15.4. The molecule has 0 aromatic carbocycles. The average Bonchev–Trinajstić information content (AvgIpc) is 2.34. The van der Waals surface area contributed by atoms with Gasteiger partial charge in [0.15, 0.2) is 5.82 Å². The molecule has 112 valence electrons. The summed E-state index contributed by atoms with van der Waals surface area (Å²) in [5, 5.41) is 2.65. The Morgan fingerprint density at radius 1 is 1.40 bits per heavy atom. The van der Waals surface area contributed by atoms with E-state index in [4.69, 9.17) is 5.84 Å². The molecule has 9 heteroatoms. The van der Waals surface area contributed by atoms with Crippen LogP contribution in [0.5, 0.6) is 0 Å². The van der Waals surface area contributed by atoms with Crippen LogP contribution in [-0.4, -0.2) is 31.4 Å². The fourth-order valence-electron chi connectivity index (χ4n) is 1.42. The lowest BCUT2D eigenvalue weighted by molar-refractivity contribution is -0.121. The van der Waals surface area contributed by atoms with Gasteiger partial charge in [-0.05, 0) is 32.9 Å². The number of nitrogens with two attached hydrogens (primary N) is 1. The first-order valence-corrected chi connectivity index (χ1v) is 7.36. The van der Waals surface area contributed by atoms with Crippen molar-refractivity contribution < 1.29 is 13.2 Å². The number of anilines is 1. The second-order valence-corrected chi connectivity index (χ2v) is 6.85. The molecule has 0 radical (unpaired) electrons. The summed E-state index contributed by atoms with van der Waals surface area (Å²) in [6, 6.07) is 2.80. The normalized spacial score (nSPS) is 12.0. The summed E-state index contributed by atoms with van der Waals surface area (Å²) < 4.78 is 26.3. The average molecular weight is 301 g/mol. The van der Waals surface area contributed by atoms with Gasteiger partial charge in [-0.25, -0.2) is 24.0 Å². The van der Waals surface area contributed by atoms with Crippen LogP contribution in [0.4, 0.5) is 5.82 Å². The number of nitrogens with one attached hydrogen (secondary N) is 3. The molecule has 8 nitrogen and oxygen atoms in total. The Bertz CT molecular complexity index is 580. The molecule has 1 rings (SSSR count). The van der Waals surface area contributed by atoms with Gasteiger partial charge in [0, 0.05) is 11.7 Å². The van der Waals surface area contributed by atoms with Gasteiger partial charge in [-0.15, -0.1) is 0 Å². The Morgan fingerprint density at radius 2 is 2.05 bits per heavy atom. The molecule has 0 unspecified atom stereocenters. The Morgan fingerprint density at radius 3 is 2.60 bits per heavy atom. The third-order valence-corrected chi connectivity index (χ3v) is 3.57. The zero-order valence-corrected chi connectivity index (χ0v) is 12.4. The lowest BCUT2D eigenvalue weighted by atomic mass is 10.1. The monoisotopic (exact) mass is 301 g/mol. The highest BCUT2D eigenvalue weighted by Crippen LogP contribution is 2.16. The molecule has 1 amide bonds. The van der Waals surface area contributed by atoms with Gasteiger partial charge >= 0.3 is 0 Å². The summed E-state index contributed by atoms with van der Waals surface area (Å²) in [6.45, 7) is 5.05. The van der Waals surface area contributed by atoms with E-state index < -0.39 is 21.5 Å². The first kappa shape index (κ1) is 16.3. The van der Waals surface area contributed by atoms with Gasteiger partial charge in [0.1, 0.15) is 4.90 Å². The number of amides is 1. The van der Waals surface area contributed by atoms with Crippen LogP contribution in [0, 0.1) is 0 Å². The Balaban J connectivity index is 2.79. The first-order valence-electron chi connectivity index (χ1n) is 5.88. The van der Waals surface area contributed by atoms with Crippen LogP contribution in [0.15, 0.2) is 23.2 Å². The van der Waals surface area contributed by atoms with Crippen LogP contribution in [0.3, 0.4) is 0 Å². The predicted molar refractivity (Wildman–Crippen MR) is 75.1 cm³/mol. The van der Waals surface area contributed by atoms with Gasteiger partial charge in [-0.1, -0.05) is 0 Å². The molecule has 0 aliphatic heterocycles. The quantitative estimate of drug-likeness (QED) is 0.431. The highest BCUT2D eigenvalue weighted by molar-refractivity contribution is 7.89. The minimum absolute atomic E-state index is 0.0104. The predicted octanol–water partition coefficient (Wildman–Crippen LogP) is -0.440. The van der Waals surface area contributed by atoms with Gasteiger partial charge in [0.05, 0.1) is 6.54 Å². The number of nitrogen functional groups attached to an aromatic ring is 1. The standard InChI is InChI=1S/C11H19N5O3S/c1-11(2,3)15-9(17)7-14-20(18,19)8-5-4-6-13-10(8)16-12/h4-6,14H,7,12H2,1-3H3,(H,13,16)(H,15,17). The van der Waals surface area contributed by atoms with Crippen molar-refractivity contribution in [1.29, 1.82) is 0 Å². The van der Waals surface area contributed by atoms with Gasteiger partial charge in [-0.3, -0.25) is 4.79 Å². The van der Waals surface area contributed by atoms with Crippen molar-refractivity contribution in [3.05, 3.63) is 18.3 Å². The molecule has 20 heavy (non-hydrogen) atoms. The Labute approximate surface area is 118 Å². The first-order chi connectivity index (χ1) is 9.15. The highest BCUT2D eigenvalue weighted by Gasteiger charge is 2.21. The fourth-order valence-corrected chi connectivity index (χ4v) is 2.52. The van der Waals surface area contributed by atoms with E-state index in [1.54, 1.807) is 20.8 Å². The van der Waals surface area contributed by atoms with Crippen LogP contribution >= 0.6 is 0 Å². The number of pyridine rings is 1. The zero-order valence-electron chi connectivity index (χ0n) is 11.6. The number of aromatic nitrogens is 1. The maximum Gasteiger partial charge on any atom is 0.244 e. The van der Waals surface area contributed by atoms with E-state index in [1.165, 1.54) is 18.3 Å². The van der Waals surface area contributed by atoms with Gasteiger partial charge in [0.25, 0.3) is 0 Å². The molecule has 0 aliphatic carbocycles. The maximum absolute atomic E-state index is 12.1.